The molecule has 0 radical (unpaired) electrons. The molecule has 1 atom stereocenters. The van der Waals surface area contributed by atoms with E-state index in [2.05, 4.69) is 36.1 Å². The number of likely N-dealkylation sites (N-methyl/N-ethyl adjacent to an activating group) is 1. The molecular formula is C35H41NO5S. The number of benzene rings is 3. The van der Waals surface area contributed by atoms with Crippen molar-refractivity contribution in [2.45, 2.75) is 37.4 Å². The van der Waals surface area contributed by atoms with E-state index in [1.807, 2.05) is 66.7 Å². The summed E-state index contributed by atoms with van der Waals surface area (Å²) in [5.74, 6) is 1.49. The minimum atomic E-state index is -0.0788. The summed E-state index contributed by atoms with van der Waals surface area (Å²) in [4.78, 5) is 3.00. The van der Waals surface area contributed by atoms with Gasteiger partial charge in [-0.2, -0.15) is 0 Å². The summed E-state index contributed by atoms with van der Waals surface area (Å²) in [6.07, 6.45) is 7.89. The van der Waals surface area contributed by atoms with Gasteiger partial charge < -0.3 is 29.3 Å². The Morgan fingerprint density at radius 3 is 2.38 bits per heavy atom. The first-order valence-corrected chi connectivity index (χ1v) is 14.8. The number of hydrogen-bond acceptors (Lipinski definition) is 7. The summed E-state index contributed by atoms with van der Waals surface area (Å²) < 4.78 is 17.5. The molecule has 2 N–H and O–H groups in total. The van der Waals surface area contributed by atoms with Crippen molar-refractivity contribution < 1.29 is 24.4 Å². The average Bonchev–Trinajstić information content (AvgIpc) is 3.02. The van der Waals surface area contributed by atoms with Crippen LogP contribution in [0.4, 0.5) is 0 Å². The highest BCUT2D eigenvalue weighted by atomic mass is 32.1. The van der Waals surface area contributed by atoms with Crippen molar-refractivity contribution >= 4 is 24.3 Å². The van der Waals surface area contributed by atoms with Crippen molar-refractivity contribution in [1.82, 2.24) is 4.90 Å². The van der Waals surface area contributed by atoms with E-state index in [9.17, 15) is 5.11 Å². The highest BCUT2D eigenvalue weighted by molar-refractivity contribution is 7.80. The van der Waals surface area contributed by atoms with Gasteiger partial charge in [-0.1, -0.05) is 60.2 Å². The van der Waals surface area contributed by atoms with Crippen LogP contribution in [0.3, 0.4) is 0 Å². The van der Waals surface area contributed by atoms with E-state index in [4.69, 9.17) is 31.9 Å². The van der Waals surface area contributed by atoms with Gasteiger partial charge in [-0.05, 0) is 72.0 Å². The molecular weight excluding hydrogens is 546 g/mol. The number of thiol groups is 1. The molecule has 0 amide bonds. The number of aliphatic hydroxyl groups is 2. The summed E-state index contributed by atoms with van der Waals surface area (Å²) in [6, 6.07) is 24.0. The molecule has 1 unspecified atom stereocenters. The van der Waals surface area contributed by atoms with Crippen LogP contribution < -0.4 is 9.47 Å². The molecule has 0 aromatic heterocycles. The fourth-order valence-corrected chi connectivity index (χ4v) is 5.41. The van der Waals surface area contributed by atoms with Gasteiger partial charge >= 0.3 is 0 Å². The predicted octanol–water partition coefficient (Wildman–Crippen LogP) is 6.40. The Hall–Kier alpha value is -3.49. The molecule has 0 aliphatic heterocycles. The fourth-order valence-electron chi connectivity index (χ4n) is 5.06. The molecule has 0 bridgehead atoms. The van der Waals surface area contributed by atoms with Crippen LogP contribution in [-0.2, 0) is 11.3 Å². The zero-order chi connectivity index (χ0) is 29.7. The maximum atomic E-state index is 9.52. The summed E-state index contributed by atoms with van der Waals surface area (Å²) in [5, 5.41) is 18.6. The summed E-state index contributed by atoms with van der Waals surface area (Å²) >= 11 is 4.89. The monoisotopic (exact) mass is 587 g/mol. The maximum absolute atomic E-state index is 9.52. The highest BCUT2D eigenvalue weighted by Crippen LogP contribution is 2.36. The van der Waals surface area contributed by atoms with Gasteiger partial charge in [-0.3, -0.25) is 0 Å². The van der Waals surface area contributed by atoms with E-state index in [0.29, 0.717) is 13.2 Å². The van der Waals surface area contributed by atoms with Crippen LogP contribution in [0, 0.1) is 0 Å². The lowest BCUT2D eigenvalue weighted by Crippen LogP contribution is -2.34. The van der Waals surface area contributed by atoms with Gasteiger partial charge in [-0.25, -0.2) is 0 Å². The molecule has 3 aromatic rings. The molecule has 1 aliphatic rings. The van der Waals surface area contributed by atoms with Gasteiger partial charge in [0.1, 0.15) is 30.8 Å². The minimum absolute atomic E-state index is 0.0225. The fraction of sp³-hybridized carbons (Fsp3) is 0.314. The zero-order valence-electron chi connectivity index (χ0n) is 24.4. The lowest BCUT2D eigenvalue weighted by Gasteiger charge is -2.33. The van der Waals surface area contributed by atoms with Crippen LogP contribution in [-0.4, -0.2) is 61.2 Å². The molecule has 7 heteroatoms. The van der Waals surface area contributed by atoms with Gasteiger partial charge in [-0.15, -0.1) is 12.6 Å². The van der Waals surface area contributed by atoms with Gasteiger partial charge in [0.15, 0.2) is 0 Å². The Morgan fingerprint density at radius 2 is 1.71 bits per heavy atom. The lowest BCUT2D eigenvalue weighted by molar-refractivity contribution is 0.0956. The van der Waals surface area contributed by atoms with E-state index >= 15 is 0 Å². The van der Waals surface area contributed by atoms with Crippen molar-refractivity contribution in [3.63, 3.8) is 0 Å². The third kappa shape index (κ3) is 8.76. The summed E-state index contributed by atoms with van der Waals surface area (Å²) in [7, 11) is 1.74. The number of rotatable bonds is 15. The smallest absolute Gasteiger partial charge is 0.120 e. The van der Waals surface area contributed by atoms with Gasteiger partial charge in [0.25, 0.3) is 0 Å². The first-order chi connectivity index (χ1) is 20.5. The normalized spacial score (nSPS) is 15.2. The lowest BCUT2D eigenvalue weighted by atomic mass is 9.89. The van der Waals surface area contributed by atoms with Crippen LogP contribution in [0.25, 0.3) is 11.6 Å². The number of hydrogen-bond donors (Lipinski definition) is 3. The second kappa shape index (κ2) is 16.2. The average molecular weight is 588 g/mol. The second-order valence-electron chi connectivity index (χ2n) is 10.1. The molecule has 42 heavy (non-hydrogen) atoms. The first-order valence-electron chi connectivity index (χ1n) is 14.4. The van der Waals surface area contributed by atoms with Crippen molar-refractivity contribution in [3.05, 3.63) is 113 Å². The molecule has 4 rings (SSSR count). The van der Waals surface area contributed by atoms with Crippen LogP contribution >= 0.6 is 12.6 Å². The SMILES string of the molecule is CCN(CCO)C1=CC=C(C/C(=C\c2ccc(OCCO)cc2)c2ccc(OCc3ccccc3)cc2S)CC1OC. The predicted molar refractivity (Wildman–Crippen MR) is 172 cm³/mol. The standard InChI is InChI=1S/C35H41NO5S/c1-3-36(17-18-37)33-16-11-28(23-34(33)39-2)22-29(21-26-9-12-30(13-10-26)40-20-19-38)32-15-14-31(24-35(32)42)41-25-27-7-5-4-6-8-27/h4-16,21,24,34,37-38,42H,3,17-20,22-23,25H2,1-2H3/b29-21+. The third-order valence-corrected chi connectivity index (χ3v) is 7.60. The van der Waals surface area contributed by atoms with Gasteiger partial charge in [0, 0.05) is 37.2 Å². The molecule has 222 valence electrons. The maximum Gasteiger partial charge on any atom is 0.120 e. The van der Waals surface area contributed by atoms with E-state index < -0.39 is 0 Å². The quantitative estimate of drug-likeness (QED) is 0.141. The van der Waals surface area contributed by atoms with Crippen LogP contribution in [0.1, 0.15) is 36.5 Å². The zero-order valence-corrected chi connectivity index (χ0v) is 25.3. The molecule has 3 aromatic carbocycles. The molecule has 0 heterocycles. The molecule has 1 aliphatic carbocycles. The van der Waals surface area contributed by atoms with Crippen LogP contribution in [0.5, 0.6) is 11.5 Å². The van der Waals surface area contributed by atoms with Gasteiger partial charge in [0.05, 0.1) is 13.2 Å². The Kier molecular flexibility index (Phi) is 12.1. The molecule has 0 fully saturated rings. The Morgan fingerprint density at radius 1 is 0.952 bits per heavy atom. The topological polar surface area (TPSA) is 71.4 Å². The van der Waals surface area contributed by atoms with Crippen LogP contribution in [0.15, 0.2) is 101 Å². The summed E-state index contributed by atoms with van der Waals surface area (Å²) in [6.45, 7) is 4.31. The Labute approximate surface area is 255 Å². The van der Waals surface area contributed by atoms with Crippen molar-refractivity contribution in [2.24, 2.45) is 0 Å². The third-order valence-electron chi connectivity index (χ3n) is 7.23. The minimum Gasteiger partial charge on any atom is -0.491 e. The number of methoxy groups -OCH3 is 1. The molecule has 0 saturated carbocycles. The van der Waals surface area contributed by atoms with E-state index in [1.54, 1.807) is 7.11 Å². The molecule has 0 spiro atoms. The molecule has 0 saturated heterocycles. The Bertz CT molecular complexity index is 1370. The van der Waals surface area contributed by atoms with Crippen molar-refractivity contribution in [1.29, 1.82) is 0 Å². The number of nitrogens with zero attached hydrogens (tertiary/aromatic N) is 1. The summed E-state index contributed by atoms with van der Waals surface area (Å²) in [5.41, 5.74) is 6.65. The first kappa shape index (κ1) is 31.4. The van der Waals surface area contributed by atoms with Crippen LogP contribution in [0.2, 0.25) is 0 Å². The number of aliphatic hydroxyl groups excluding tert-OH is 2. The van der Waals surface area contributed by atoms with Gasteiger partial charge in [0.2, 0.25) is 0 Å². The largest absolute Gasteiger partial charge is 0.491 e. The van der Waals surface area contributed by atoms with Crippen molar-refractivity contribution in [2.75, 3.05) is 40.0 Å². The number of allylic oxidation sites excluding steroid dienone is 3. The Balaban J connectivity index is 1.62. The van der Waals surface area contributed by atoms with E-state index in [0.717, 1.165) is 63.7 Å². The van der Waals surface area contributed by atoms with E-state index in [-0.39, 0.29) is 25.9 Å². The van der Waals surface area contributed by atoms with Crippen molar-refractivity contribution in [3.8, 4) is 11.5 Å². The second-order valence-corrected chi connectivity index (χ2v) is 10.6. The number of ether oxygens (including phenoxy) is 3. The molecule has 6 nitrogen and oxygen atoms in total. The highest BCUT2D eigenvalue weighted by Gasteiger charge is 2.24. The van der Waals surface area contributed by atoms with E-state index in [1.165, 1.54) is 5.57 Å².